The number of rotatable bonds is 8. The molecule has 1 amide bonds. The van der Waals surface area contributed by atoms with Crippen LogP contribution >= 0.6 is 0 Å². The fourth-order valence-corrected chi connectivity index (χ4v) is 3.23. The molecule has 0 fully saturated rings. The number of hydrogen-bond acceptors (Lipinski definition) is 5. The smallest absolute Gasteiger partial charge is 0.416 e. The third kappa shape index (κ3) is 6.51. The Labute approximate surface area is 155 Å². The summed E-state index contributed by atoms with van der Waals surface area (Å²) in [5, 5.41) is 0. The van der Waals surface area contributed by atoms with Crippen molar-refractivity contribution >= 4 is 21.9 Å². The van der Waals surface area contributed by atoms with Gasteiger partial charge in [0, 0.05) is 13.1 Å². The van der Waals surface area contributed by atoms with E-state index in [1.54, 1.807) is 13.8 Å². The molecule has 0 aromatic heterocycles. The number of carbonyl (C=O) groups is 2. The normalized spacial score (nSPS) is 13.1. The Morgan fingerprint density at radius 3 is 2.44 bits per heavy atom. The lowest BCUT2D eigenvalue weighted by Crippen LogP contribution is -2.43. The first-order valence-corrected chi connectivity index (χ1v) is 9.43. The monoisotopic (exact) mass is 410 g/mol. The zero-order chi connectivity index (χ0) is 20.8. The van der Waals surface area contributed by atoms with Gasteiger partial charge in [0.25, 0.3) is 0 Å². The SMILES string of the molecule is CCN(CC(C)C(=O)OC)C(=O)CNS(=O)(=O)c1cccc(C(F)(F)F)c1. The topological polar surface area (TPSA) is 92.8 Å². The average Bonchev–Trinajstić information content (AvgIpc) is 2.62. The van der Waals surface area contributed by atoms with E-state index in [-0.39, 0.29) is 13.1 Å². The van der Waals surface area contributed by atoms with Crippen molar-refractivity contribution in [1.29, 1.82) is 0 Å². The third-order valence-corrected chi connectivity index (χ3v) is 5.12. The van der Waals surface area contributed by atoms with Gasteiger partial charge in [-0.3, -0.25) is 9.59 Å². The summed E-state index contributed by atoms with van der Waals surface area (Å²) >= 11 is 0. The summed E-state index contributed by atoms with van der Waals surface area (Å²) in [5.41, 5.74) is -1.11. The van der Waals surface area contributed by atoms with Gasteiger partial charge in [-0.05, 0) is 25.1 Å². The summed E-state index contributed by atoms with van der Waals surface area (Å²) in [6.07, 6.45) is -4.69. The van der Waals surface area contributed by atoms with Crippen LogP contribution in [0, 0.1) is 5.92 Å². The van der Waals surface area contributed by atoms with Crippen molar-refractivity contribution in [2.24, 2.45) is 5.92 Å². The van der Waals surface area contributed by atoms with Gasteiger partial charge in [0.15, 0.2) is 0 Å². The van der Waals surface area contributed by atoms with Crippen LogP contribution in [0.1, 0.15) is 19.4 Å². The second kappa shape index (κ2) is 9.18. The Morgan fingerprint density at radius 1 is 1.30 bits per heavy atom. The molecule has 0 radical (unpaired) electrons. The number of hydrogen-bond donors (Lipinski definition) is 1. The second-order valence-electron chi connectivity index (χ2n) is 5.71. The molecule has 1 aromatic carbocycles. The maximum absolute atomic E-state index is 12.7. The lowest BCUT2D eigenvalue weighted by molar-refractivity contribution is -0.146. The van der Waals surface area contributed by atoms with Crippen LogP contribution in [0.4, 0.5) is 13.2 Å². The number of likely N-dealkylation sites (N-methyl/N-ethyl adjacent to an activating group) is 1. The molecule has 1 N–H and O–H groups in total. The van der Waals surface area contributed by atoms with Gasteiger partial charge in [0.1, 0.15) is 0 Å². The van der Waals surface area contributed by atoms with E-state index < -0.39 is 51.0 Å². The number of amides is 1. The highest BCUT2D eigenvalue weighted by Gasteiger charge is 2.32. The van der Waals surface area contributed by atoms with Gasteiger partial charge in [-0.25, -0.2) is 13.1 Å². The maximum atomic E-state index is 12.7. The van der Waals surface area contributed by atoms with Crippen LogP contribution in [-0.4, -0.2) is 51.9 Å². The molecule has 152 valence electrons. The Balaban J connectivity index is 2.83. The lowest BCUT2D eigenvalue weighted by atomic mass is 10.1. The van der Waals surface area contributed by atoms with Crippen molar-refractivity contribution in [1.82, 2.24) is 9.62 Å². The first-order valence-electron chi connectivity index (χ1n) is 7.95. The highest BCUT2D eigenvalue weighted by Crippen LogP contribution is 2.30. The third-order valence-electron chi connectivity index (χ3n) is 3.72. The molecule has 0 aliphatic heterocycles. The number of benzene rings is 1. The number of alkyl halides is 3. The first-order chi connectivity index (χ1) is 12.4. The first kappa shape index (κ1) is 22.9. The Morgan fingerprint density at radius 2 is 1.93 bits per heavy atom. The number of sulfonamides is 1. The quantitative estimate of drug-likeness (QED) is 0.658. The van der Waals surface area contributed by atoms with Crippen molar-refractivity contribution < 1.29 is 35.9 Å². The van der Waals surface area contributed by atoms with Crippen molar-refractivity contribution in [3.05, 3.63) is 29.8 Å². The summed E-state index contributed by atoms with van der Waals surface area (Å²) in [6, 6.07) is 3.20. The largest absolute Gasteiger partial charge is 0.469 e. The van der Waals surface area contributed by atoms with Crippen LogP contribution in [0.5, 0.6) is 0 Å². The number of nitrogens with one attached hydrogen (secondary N) is 1. The molecule has 1 atom stereocenters. The fraction of sp³-hybridized carbons (Fsp3) is 0.500. The molecule has 1 rings (SSSR count). The summed E-state index contributed by atoms with van der Waals surface area (Å²) in [6.45, 7) is 2.77. The summed E-state index contributed by atoms with van der Waals surface area (Å²) < 4.78 is 69.1. The molecule has 0 heterocycles. The lowest BCUT2D eigenvalue weighted by Gasteiger charge is -2.23. The van der Waals surface area contributed by atoms with Gasteiger partial charge < -0.3 is 9.64 Å². The predicted octanol–water partition coefficient (Wildman–Crippen LogP) is 1.64. The van der Waals surface area contributed by atoms with E-state index in [0.29, 0.717) is 6.07 Å². The van der Waals surface area contributed by atoms with Gasteiger partial charge in [-0.15, -0.1) is 0 Å². The molecule has 0 saturated heterocycles. The zero-order valence-electron chi connectivity index (χ0n) is 15.0. The minimum atomic E-state index is -4.69. The standard InChI is InChI=1S/C16H21F3N2O5S/c1-4-21(10-11(2)15(23)26-3)14(22)9-20-27(24,25)13-7-5-6-12(8-13)16(17,18)19/h5-8,11,20H,4,9-10H2,1-3H3. The molecule has 0 aliphatic rings. The van der Waals surface area contributed by atoms with Gasteiger partial charge in [0.2, 0.25) is 15.9 Å². The molecule has 11 heteroatoms. The van der Waals surface area contributed by atoms with Crippen LogP contribution in [0.2, 0.25) is 0 Å². The molecule has 0 aliphatic carbocycles. The average molecular weight is 410 g/mol. The van der Waals surface area contributed by atoms with Crippen LogP contribution in [0.3, 0.4) is 0 Å². The number of esters is 1. The van der Waals surface area contributed by atoms with Gasteiger partial charge in [-0.2, -0.15) is 13.2 Å². The van der Waals surface area contributed by atoms with Crippen LogP contribution in [0.15, 0.2) is 29.2 Å². The van der Waals surface area contributed by atoms with E-state index in [2.05, 4.69) is 4.74 Å². The van der Waals surface area contributed by atoms with Gasteiger partial charge in [0.05, 0.1) is 30.0 Å². The minimum absolute atomic E-state index is 0.0211. The molecular weight excluding hydrogens is 389 g/mol. The highest BCUT2D eigenvalue weighted by molar-refractivity contribution is 7.89. The van der Waals surface area contributed by atoms with E-state index in [9.17, 15) is 31.2 Å². The summed E-state index contributed by atoms with van der Waals surface area (Å²) in [4.78, 5) is 24.3. The molecule has 0 saturated carbocycles. The summed E-state index contributed by atoms with van der Waals surface area (Å²) in [5.74, 6) is -1.76. The Bertz CT molecular complexity index is 781. The summed E-state index contributed by atoms with van der Waals surface area (Å²) in [7, 11) is -3.11. The van der Waals surface area contributed by atoms with Crippen molar-refractivity contribution in [3.63, 3.8) is 0 Å². The molecular formula is C16H21F3N2O5S. The van der Waals surface area contributed by atoms with Crippen LogP contribution in [0.25, 0.3) is 0 Å². The predicted molar refractivity (Wildman–Crippen MR) is 90.1 cm³/mol. The van der Waals surface area contributed by atoms with E-state index >= 15 is 0 Å². The maximum Gasteiger partial charge on any atom is 0.416 e. The second-order valence-corrected chi connectivity index (χ2v) is 7.47. The van der Waals surface area contributed by atoms with E-state index in [1.807, 2.05) is 4.72 Å². The highest BCUT2D eigenvalue weighted by atomic mass is 32.2. The number of ether oxygens (including phenoxy) is 1. The Kier molecular flexibility index (Phi) is 7.78. The van der Waals surface area contributed by atoms with E-state index in [1.165, 1.54) is 12.0 Å². The van der Waals surface area contributed by atoms with E-state index in [0.717, 1.165) is 18.2 Å². The number of nitrogens with zero attached hydrogens (tertiary/aromatic N) is 1. The van der Waals surface area contributed by atoms with Crippen molar-refractivity contribution in [2.75, 3.05) is 26.7 Å². The molecule has 1 aromatic rings. The fourth-order valence-electron chi connectivity index (χ4n) is 2.21. The van der Waals surface area contributed by atoms with E-state index in [4.69, 9.17) is 0 Å². The number of halogens is 3. The van der Waals surface area contributed by atoms with Gasteiger partial charge >= 0.3 is 12.1 Å². The van der Waals surface area contributed by atoms with Gasteiger partial charge in [-0.1, -0.05) is 13.0 Å². The number of methoxy groups -OCH3 is 1. The number of carbonyl (C=O) groups excluding carboxylic acids is 2. The van der Waals surface area contributed by atoms with Crippen molar-refractivity contribution in [3.8, 4) is 0 Å². The molecule has 0 spiro atoms. The zero-order valence-corrected chi connectivity index (χ0v) is 15.9. The molecule has 0 bridgehead atoms. The van der Waals surface area contributed by atoms with Crippen LogP contribution in [-0.2, 0) is 30.5 Å². The molecule has 1 unspecified atom stereocenters. The molecule has 7 nitrogen and oxygen atoms in total. The van der Waals surface area contributed by atoms with Crippen molar-refractivity contribution in [2.45, 2.75) is 24.9 Å². The van der Waals surface area contributed by atoms with Crippen LogP contribution < -0.4 is 4.72 Å². The molecule has 27 heavy (non-hydrogen) atoms. The Hall–Kier alpha value is -2.14. The minimum Gasteiger partial charge on any atom is -0.469 e.